The number of benzene rings is 1. The van der Waals surface area contributed by atoms with Gasteiger partial charge in [-0.2, -0.15) is 8.42 Å². The smallest absolute Gasteiger partial charge is 0.267 e. The van der Waals surface area contributed by atoms with Crippen LogP contribution in [-0.2, 0) is 35.2 Å². The fourth-order valence-corrected chi connectivity index (χ4v) is 3.20. The standard InChI is InChI=1S/C18H27NO6S/c1-15(21)19-10-7-11-26(22,23)25-14-18(2,3)17(12-20)24-13-16-8-5-4-6-9-16/h4-6,8-9,12,17H,7,10-11,13-14H2,1-3H3,(H,19,21)/t17-/m0/s1. The van der Waals surface area contributed by atoms with E-state index in [1.54, 1.807) is 13.8 Å². The normalized spacial score (nSPS) is 13.2. The summed E-state index contributed by atoms with van der Waals surface area (Å²) in [5, 5.41) is 2.52. The number of carbonyl (C=O) groups excluding carboxylic acids is 2. The summed E-state index contributed by atoms with van der Waals surface area (Å²) >= 11 is 0. The molecule has 1 aromatic rings. The third kappa shape index (κ3) is 8.55. The predicted molar refractivity (Wildman–Crippen MR) is 97.9 cm³/mol. The Bertz CT molecular complexity index is 672. The molecular weight excluding hydrogens is 358 g/mol. The van der Waals surface area contributed by atoms with Crippen molar-refractivity contribution in [2.75, 3.05) is 18.9 Å². The Morgan fingerprint density at radius 3 is 2.50 bits per heavy atom. The van der Waals surface area contributed by atoms with Crippen LogP contribution < -0.4 is 5.32 Å². The molecule has 0 aliphatic heterocycles. The number of rotatable bonds is 12. The summed E-state index contributed by atoms with van der Waals surface area (Å²) in [6, 6.07) is 9.39. The van der Waals surface area contributed by atoms with E-state index in [1.165, 1.54) is 6.92 Å². The maximum atomic E-state index is 11.9. The average molecular weight is 385 g/mol. The zero-order valence-corrected chi connectivity index (χ0v) is 16.3. The number of carbonyl (C=O) groups is 2. The van der Waals surface area contributed by atoms with Gasteiger partial charge in [0.2, 0.25) is 5.91 Å². The van der Waals surface area contributed by atoms with Gasteiger partial charge in [0.25, 0.3) is 10.1 Å². The van der Waals surface area contributed by atoms with Crippen molar-refractivity contribution < 1.29 is 26.9 Å². The van der Waals surface area contributed by atoms with Crippen molar-refractivity contribution in [3.63, 3.8) is 0 Å². The first-order valence-corrected chi connectivity index (χ1v) is 9.96. The summed E-state index contributed by atoms with van der Waals surface area (Å²) in [7, 11) is -3.74. The lowest BCUT2D eigenvalue weighted by atomic mass is 9.88. The van der Waals surface area contributed by atoms with E-state index in [2.05, 4.69) is 5.32 Å². The van der Waals surface area contributed by atoms with Crippen LogP contribution in [-0.4, -0.2) is 45.6 Å². The average Bonchev–Trinajstić information content (AvgIpc) is 2.58. The van der Waals surface area contributed by atoms with Crippen LogP contribution >= 0.6 is 0 Å². The summed E-state index contributed by atoms with van der Waals surface area (Å²) < 4.78 is 34.6. The molecule has 0 radical (unpaired) electrons. The third-order valence-corrected chi connectivity index (χ3v) is 4.99. The number of ether oxygens (including phenoxy) is 1. The van der Waals surface area contributed by atoms with Gasteiger partial charge in [-0.15, -0.1) is 0 Å². The van der Waals surface area contributed by atoms with Crippen molar-refractivity contribution in [2.45, 2.75) is 39.9 Å². The van der Waals surface area contributed by atoms with E-state index in [0.29, 0.717) is 6.29 Å². The molecule has 0 saturated carbocycles. The molecule has 0 aromatic heterocycles. The Labute approximate surface area is 155 Å². The minimum atomic E-state index is -3.74. The monoisotopic (exact) mass is 385 g/mol. The highest BCUT2D eigenvalue weighted by atomic mass is 32.2. The molecule has 1 rings (SSSR count). The van der Waals surface area contributed by atoms with Crippen molar-refractivity contribution in [2.24, 2.45) is 5.41 Å². The van der Waals surface area contributed by atoms with Gasteiger partial charge in [0.05, 0.1) is 19.0 Å². The summed E-state index contributed by atoms with van der Waals surface area (Å²) in [5.41, 5.74) is 0.1000. The van der Waals surface area contributed by atoms with Crippen LogP contribution in [0.2, 0.25) is 0 Å². The highest BCUT2D eigenvalue weighted by Gasteiger charge is 2.32. The molecule has 0 unspecified atom stereocenters. The first-order chi connectivity index (χ1) is 12.2. The van der Waals surface area contributed by atoms with Crippen molar-refractivity contribution in [3.05, 3.63) is 35.9 Å². The largest absolute Gasteiger partial charge is 0.365 e. The van der Waals surface area contributed by atoms with E-state index < -0.39 is 21.6 Å². The van der Waals surface area contributed by atoms with Gasteiger partial charge in [0.15, 0.2) is 0 Å². The maximum absolute atomic E-state index is 11.9. The van der Waals surface area contributed by atoms with E-state index in [9.17, 15) is 18.0 Å². The molecule has 0 aliphatic rings. The summed E-state index contributed by atoms with van der Waals surface area (Å²) in [6.07, 6.45) is 0.108. The topological polar surface area (TPSA) is 98.8 Å². The van der Waals surface area contributed by atoms with Gasteiger partial charge in [-0.25, -0.2) is 0 Å². The van der Waals surface area contributed by atoms with Crippen LogP contribution in [0.25, 0.3) is 0 Å². The molecule has 0 saturated heterocycles. The molecule has 0 spiro atoms. The lowest BCUT2D eigenvalue weighted by Crippen LogP contribution is -2.38. The Kier molecular flexibility index (Phi) is 8.91. The molecule has 0 aliphatic carbocycles. The predicted octanol–water partition coefficient (Wildman–Crippen LogP) is 1.67. The van der Waals surface area contributed by atoms with Crippen LogP contribution in [0.1, 0.15) is 32.8 Å². The maximum Gasteiger partial charge on any atom is 0.267 e. The fraction of sp³-hybridized carbons (Fsp3) is 0.556. The molecule has 0 heterocycles. The van der Waals surface area contributed by atoms with Gasteiger partial charge in [-0.05, 0) is 12.0 Å². The second-order valence-electron chi connectivity index (χ2n) is 6.70. The number of nitrogens with one attached hydrogen (secondary N) is 1. The zero-order valence-electron chi connectivity index (χ0n) is 15.4. The van der Waals surface area contributed by atoms with E-state index in [-0.39, 0.29) is 37.8 Å². The van der Waals surface area contributed by atoms with E-state index in [0.717, 1.165) is 5.56 Å². The van der Waals surface area contributed by atoms with E-state index >= 15 is 0 Å². The SMILES string of the molecule is CC(=O)NCCCS(=O)(=O)OCC(C)(C)[C@H](C=O)OCc1ccccc1. The molecular formula is C18H27NO6S. The number of amides is 1. The minimum Gasteiger partial charge on any atom is -0.365 e. The highest BCUT2D eigenvalue weighted by Crippen LogP contribution is 2.24. The van der Waals surface area contributed by atoms with Crippen LogP contribution in [0.3, 0.4) is 0 Å². The van der Waals surface area contributed by atoms with Gasteiger partial charge in [-0.3, -0.25) is 8.98 Å². The highest BCUT2D eigenvalue weighted by molar-refractivity contribution is 7.86. The van der Waals surface area contributed by atoms with Crippen LogP contribution in [0.15, 0.2) is 30.3 Å². The van der Waals surface area contributed by atoms with Crippen molar-refractivity contribution >= 4 is 22.3 Å². The summed E-state index contributed by atoms with van der Waals surface area (Å²) in [4.78, 5) is 22.2. The summed E-state index contributed by atoms with van der Waals surface area (Å²) in [6.45, 7) is 5.12. The second kappa shape index (κ2) is 10.4. The number of aldehydes is 1. The van der Waals surface area contributed by atoms with Gasteiger partial charge in [0.1, 0.15) is 12.4 Å². The first kappa shape index (κ1) is 22.3. The van der Waals surface area contributed by atoms with Crippen LogP contribution in [0, 0.1) is 5.41 Å². The van der Waals surface area contributed by atoms with Gasteiger partial charge < -0.3 is 14.8 Å². The molecule has 1 N–H and O–H groups in total. The molecule has 1 amide bonds. The zero-order chi connectivity index (χ0) is 19.6. The van der Waals surface area contributed by atoms with Crippen LogP contribution in [0.5, 0.6) is 0 Å². The van der Waals surface area contributed by atoms with E-state index in [4.69, 9.17) is 8.92 Å². The van der Waals surface area contributed by atoms with Gasteiger partial charge >= 0.3 is 0 Å². The molecule has 1 aromatic carbocycles. The molecule has 0 bridgehead atoms. The third-order valence-electron chi connectivity index (χ3n) is 3.72. The molecule has 8 heteroatoms. The van der Waals surface area contributed by atoms with E-state index in [1.807, 2.05) is 30.3 Å². The van der Waals surface area contributed by atoms with Crippen molar-refractivity contribution in [3.8, 4) is 0 Å². The number of hydrogen-bond acceptors (Lipinski definition) is 6. The van der Waals surface area contributed by atoms with Gasteiger partial charge in [0, 0.05) is 18.9 Å². The quantitative estimate of drug-likeness (QED) is 0.334. The second-order valence-corrected chi connectivity index (χ2v) is 8.46. The fourth-order valence-electron chi connectivity index (χ4n) is 2.11. The first-order valence-electron chi connectivity index (χ1n) is 8.38. The molecule has 146 valence electrons. The molecule has 0 fully saturated rings. The lowest BCUT2D eigenvalue weighted by Gasteiger charge is -2.30. The van der Waals surface area contributed by atoms with Gasteiger partial charge in [-0.1, -0.05) is 44.2 Å². The molecule has 7 nitrogen and oxygen atoms in total. The molecule has 1 atom stereocenters. The Hall–Kier alpha value is -1.77. The molecule has 26 heavy (non-hydrogen) atoms. The van der Waals surface area contributed by atoms with Crippen molar-refractivity contribution in [1.29, 1.82) is 0 Å². The lowest BCUT2D eigenvalue weighted by molar-refractivity contribution is -0.129. The minimum absolute atomic E-state index is 0.173. The Morgan fingerprint density at radius 2 is 1.92 bits per heavy atom. The van der Waals surface area contributed by atoms with Crippen molar-refractivity contribution in [1.82, 2.24) is 5.32 Å². The Morgan fingerprint density at radius 1 is 1.27 bits per heavy atom. The van der Waals surface area contributed by atoms with Crippen LogP contribution in [0.4, 0.5) is 0 Å². The summed E-state index contributed by atoms with van der Waals surface area (Å²) in [5.74, 6) is -0.422. The number of hydrogen-bond donors (Lipinski definition) is 1. The Balaban J connectivity index is 2.50.